The van der Waals surface area contributed by atoms with Crippen molar-refractivity contribution in [2.45, 2.75) is 19.3 Å². The van der Waals surface area contributed by atoms with E-state index in [2.05, 4.69) is 29.4 Å². The topological polar surface area (TPSA) is 36.2 Å². The fourth-order valence-corrected chi connectivity index (χ4v) is 3.49. The second-order valence-corrected chi connectivity index (χ2v) is 5.55. The molecule has 0 aliphatic heterocycles. The number of nitrogens with one attached hydrogen (secondary N) is 1. The normalized spacial score (nSPS) is 14.8. The van der Waals surface area contributed by atoms with E-state index < -0.39 is 0 Å². The molecule has 1 N–H and O–H groups in total. The molecule has 0 radical (unpaired) electrons. The molecule has 0 saturated carbocycles. The average molecular weight is 254 g/mol. The molecule has 0 fully saturated rings. The fraction of sp³-hybridized carbons (Fsp3) is 0.200. The van der Waals surface area contributed by atoms with Crippen LogP contribution in [0, 0.1) is 5.53 Å². The minimum atomic E-state index is 0.843. The van der Waals surface area contributed by atoms with Gasteiger partial charge in [-0.15, -0.1) is 11.3 Å². The predicted octanol–water partition coefficient (Wildman–Crippen LogP) is 5.38. The van der Waals surface area contributed by atoms with Crippen molar-refractivity contribution in [1.82, 2.24) is 0 Å². The quantitative estimate of drug-likeness (QED) is 0.714. The van der Waals surface area contributed by atoms with Crippen molar-refractivity contribution >= 4 is 27.1 Å². The lowest BCUT2D eigenvalue weighted by Crippen LogP contribution is -1.88. The number of nitrogens with zero attached hydrogens (tertiary/aromatic N) is 1. The lowest BCUT2D eigenvalue weighted by Gasteiger charge is -2.05. The van der Waals surface area contributed by atoms with Crippen LogP contribution in [-0.4, -0.2) is 0 Å². The summed E-state index contributed by atoms with van der Waals surface area (Å²) in [6, 6.07) is 8.19. The standard InChI is InChI=1S/C15H14N2S/c16-17-15-12-8-4-5-9-13(12)18-14(15)10-11-6-2-1-3-7-11/h2,4-9,16H,1,3,10H2. The molecule has 2 nitrogen and oxygen atoms in total. The Bertz CT molecular complexity index is 650. The van der Waals surface area contributed by atoms with E-state index in [-0.39, 0.29) is 0 Å². The van der Waals surface area contributed by atoms with Crippen LogP contribution in [0.4, 0.5) is 5.69 Å². The highest BCUT2D eigenvalue weighted by molar-refractivity contribution is 7.19. The number of thiophene rings is 1. The van der Waals surface area contributed by atoms with Crippen LogP contribution >= 0.6 is 11.3 Å². The molecule has 0 saturated heterocycles. The van der Waals surface area contributed by atoms with Gasteiger partial charge < -0.3 is 0 Å². The molecule has 0 spiro atoms. The van der Waals surface area contributed by atoms with Crippen molar-refractivity contribution in [2.24, 2.45) is 5.11 Å². The molecule has 1 aromatic carbocycles. The van der Waals surface area contributed by atoms with Gasteiger partial charge in [0, 0.05) is 21.4 Å². The third kappa shape index (κ3) is 2.02. The summed E-state index contributed by atoms with van der Waals surface area (Å²) >= 11 is 1.75. The van der Waals surface area contributed by atoms with Crippen molar-refractivity contribution in [1.29, 1.82) is 5.53 Å². The number of fused-ring (bicyclic) bond motifs is 1. The van der Waals surface area contributed by atoms with Crippen LogP contribution in [0.5, 0.6) is 0 Å². The first-order valence-corrected chi connectivity index (χ1v) is 6.93. The lowest BCUT2D eigenvalue weighted by atomic mass is 10.0. The molecule has 1 aliphatic rings. The van der Waals surface area contributed by atoms with E-state index in [4.69, 9.17) is 5.53 Å². The monoisotopic (exact) mass is 254 g/mol. The van der Waals surface area contributed by atoms with Crippen LogP contribution in [-0.2, 0) is 6.42 Å². The van der Waals surface area contributed by atoms with Gasteiger partial charge in [0.15, 0.2) is 0 Å². The molecule has 1 aromatic heterocycles. The van der Waals surface area contributed by atoms with Crippen LogP contribution in [0.25, 0.3) is 10.1 Å². The molecule has 2 aromatic rings. The van der Waals surface area contributed by atoms with E-state index in [0.29, 0.717) is 0 Å². The zero-order valence-corrected chi connectivity index (χ0v) is 10.8. The predicted molar refractivity (Wildman–Crippen MR) is 76.8 cm³/mol. The summed E-state index contributed by atoms with van der Waals surface area (Å²) in [4.78, 5) is 1.20. The lowest BCUT2D eigenvalue weighted by molar-refractivity contribution is 0.997. The van der Waals surface area contributed by atoms with Gasteiger partial charge in [-0.1, -0.05) is 36.4 Å². The summed E-state index contributed by atoms with van der Waals surface area (Å²) in [6.45, 7) is 0. The number of benzene rings is 1. The zero-order chi connectivity index (χ0) is 12.4. The van der Waals surface area contributed by atoms with Crippen molar-refractivity contribution in [2.75, 3.05) is 0 Å². The van der Waals surface area contributed by atoms with Gasteiger partial charge in [0.1, 0.15) is 5.69 Å². The Balaban J connectivity index is 2.03. The zero-order valence-electron chi connectivity index (χ0n) is 10.0. The van der Waals surface area contributed by atoms with Crippen LogP contribution < -0.4 is 0 Å². The second-order valence-electron chi connectivity index (χ2n) is 4.42. The van der Waals surface area contributed by atoms with E-state index in [0.717, 1.165) is 30.3 Å². The highest BCUT2D eigenvalue weighted by atomic mass is 32.1. The minimum absolute atomic E-state index is 0.843. The smallest absolute Gasteiger partial charge is 0.107 e. The Kier molecular flexibility index (Phi) is 3.07. The Hall–Kier alpha value is -1.74. The largest absolute Gasteiger partial charge is 0.204 e. The first-order valence-electron chi connectivity index (χ1n) is 6.12. The molecule has 0 unspecified atom stereocenters. The Labute approximate surface area is 110 Å². The minimum Gasteiger partial charge on any atom is -0.204 e. The molecule has 0 atom stereocenters. The van der Waals surface area contributed by atoms with Crippen molar-refractivity contribution < 1.29 is 0 Å². The maximum Gasteiger partial charge on any atom is 0.107 e. The summed E-state index contributed by atoms with van der Waals surface area (Å²) in [6.07, 6.45) is 9.88. The third-order valence-electron chi connectivity index (χ3n) is 3.19. The fourth-order valence-electron chi connectivity index (χ4n) is 2.31. The highest BCUT2D eigenvalue weighted by Gasteiger charge is 2.12. The van der Waals surface area contributed by atoms with Crippen molar-refractivity contribution in [3.63, 3.8) is 0 Å². The maximum atomic E-state index is 7.39. The SMILES string of the molecule is N=Nc1c(CC2=CCCC=C2)sc2ccccc12. The first-order chi connectivity index (χ1) is 8.88. The average Bonchev–Trinajstić information content (AvgIpc) is 2.77. The second kappa shape index (κ2) is 4.86. The molecule has 0 bridgehead atoms. The van der Waals surface area contributed by atoms with Crippen molar-refractivity contribution in [3.8, 4) is 0 Å². The first kappa shape index (κ1) is 11.4. The summed E-state index contributed by atoms with van der Waals surface area (Å²) in [5.41, 5.74) is 9.58. The summed E-state index contributed by atoms with van der Waals surface area (Å²) < 4.78 is 1.22. The number of hydrogen-bond acceptors (Lipinski definition) is 3. The summed E-state index contributed by atoms with van der Waals surface area (Å²) in [5.74, 6) is 0. The Morgan fingerprint density at radius 1 is 1.22 bits per heavy atom. The molecule has 1 aliphatic carbocycles. The third-order valence-corrected chi connectivity index (χ3v) is 4.35. The molecule has 18 heavy (non-hydrogen) atoms. The van der Waals surface area contributed by atoms with Gasteiger partial charge in [-0.3, -0.25) is 0 Å². The van der Waals surface area contributed by atoms with E-state index in [1.165, 1.54) is 15.2 Å². The molecule has 0 amide bonds. The van der Waals surface area contributed by atoms with Gasteiger partial charge in [0.05, 0.1) is 0 Å². The van der Waals surface area contributed by atoms with E-state index >= 15 is 0 Å². The summed E-state index contributed by atoms with van der Waals surface area (Å²) in [5, 5.41) is 4.84. The van der Waals surface area contributed by atoms with Gasteiger partial charge >= 0.3 is 0 Å². The molecule has 3 heteroatoms. The molecule has 3 rings (SSSR count). The summed E-state index contributed by atoms with van der Waals surface area (Å²) in [7, 11) is 0. The number of allylic oxidation sites excluding steroid dienone is 4. The highest BCUT2D eigenvalue weighted by Crippen LogP contribution is 2.39. The molecule has 1 heterocycles. The van der Waals surface area contributed by atoms with E-state index in [1.807, 2.05) is 18.2 Å². The van der Waals surface area contributed by atoms with Gasteiger partial charge in [-0.2, -0.15) is 5.11 Å². The number of rotatable bonds is 3. The van der Waals surface area contributed by atoms with Gasteiger partial charge in [0.25, 0.3) is 0 Å². The molecular weight excluding hydrogens is 240 g/mol. The Morgan fingerprint density at radius 3 is 2.89 bits per heavy atom. The van der Waals surface area contributed by atoms with Crippen molar-refractivity contribution in [3.05, 3.63) is 52.9 Å². The van der Waals surface area contributed by atoms with E-state index in [9.17, 15) is 0 Å². The van der Waals surface area contributed by atoms with Crippen LogP contribution in [0.3, 0.4) is 0 Å². The van der Waals surface area contributed by atoms with Gasteiger partial charge in [-0.25, -0.2) is 5.53 Å². The Morgan fingerprint density at radius 2 is 2.11 bits per heavy atom. The van der Waals surface area contributed by atoms with Gasteiger partial charge in [0.2, 0.25) is 0 Å². The number of hydrogen-bond donors (Lipinski definition) is 1. The van der Waals surface area contributed by atoms with Crippen LogP contribution in [0.2, 0.25) is 0 Å². The van der Waals surface area contributed by atoms with Gasteiger partial charge in [-0.05, 0) is 24.5 Å². The molecular formula is C15H14N2S. The van der Waals surface area contributed by atoms with E-state index in [1.54, 1.807) is 11.3 Å². The van der Waals surface area contributed by atoms with Crippen LogP contribution in [0.15, 0.2) is 53.2 Å². The molecule has 90 valence electrons. The van der Waals surface area contributed by atoms with Crippen LogP contribution in [0.1, 0.15) is 17.7 Å². The maximum absolute atomic E-state index is 7.39.